The SMILES string of the molecule is Cc1ccc(C(=O)N(CCC(C)C)CC(=O)Nc2nc(C)cs2)cc1. The summed E-state index contributed by atoms with van der Waals surface area (Å²) >= 11 is 1.38. The molecule has 1 N–H and O–H groups in total. The Morgan fingerprint density at radius 2 is 1.88 bits per heavy atom. The van der Waals surface area contributed by atoms with Crippen molar-refractivity contribution in [3.63, 3.8) is 0 Å². The maximum absolute atomic E-state index is 12.8. The monoisotopic (exact) mass is 359 g/mol. The average Bonchev–Trinajstić information content (AvgIpc) is 2.96. The molecule has 5 nitrogen and oxygen atoms in total. The number of hydrogen-bond donors (Lipinski definition) is 1. The van der Waals surface area contributed by atoms with Gasteiger partial charge in [-0.25, -0.2) is 4.98 Å². The highest BCUT2D eigenvalue weighted by Crippen LogP contribution is 2.15. The molecule has 0 spiro atoms. The first kappa shape index (κ1) is 19.1. The number of carbonyl (C=O) groups is 2. The maximum Gasteiger partial charge on any atom is 0.254 e. The van der Waals surface area contributed by atoms with Crippen LogP contribution >= 0.6 is 11.3 Å². The second kappa shape index (κ2) is 8.76. The highest BCUT2D eigenvalue weighted by molar-refractivity contribution is 7.13. The molecule has 0 aliphatic rings. The molecule has 0 saturated heterocycles. The topological polar surface area (TPSA) is 62.3 Å². The number of amides is 2. The Kier molecular flexibility index (Phi) is 6.70. The van der Waals surface area contributed by atoms with Gasteiger partial charge < -0.3 is 10.2 Å². The molecule has 0 aliphatic heterocycles. The van der Waals surface area contributed by atoms with Crippen LogP contribution in [-0.4, -0.2) is 34.8 Å². The summed E-state index contributed by atoms with van der Waals surface area (Å²) in [6, 6.07) is 7.43. The predicted molar refractivity (Wildman–Crippen MR) is 102 cm³/mol. The third-order valence-corrected chi connectivity index (χ3v) is 4.64. The molecule has 0 saturated carbocycles. The van der Waals surface area contributed by atoms with Gasteiger partial charge in [0.15, 0.2) is 5.13 Å². The van der Waals surface area contributed by atoms with Gasteiger partial charge in [-0.3, -0.25) is 9.59 Å². The quantitative estimate of drug-likeness (QED) is 0.816. The number of rotatable bonds is 7. The normalized spacial score (nSPS) is 10.8. The Balaban J connectivity index is 2.07. The van der Waals surface area contributed by atoms with Gasteiger partial charge in [-0.15, -0.1) is 11.3 Å². The van der Waals surface area contributed by atoms with E-state index in [4.69, 9.17) is 0 Å². The van der Waals surface area contributed by atoms with E-state index in [1.807, 2.05) is 43.5 Å². The molecule has 1 aromatic heterocycles. The molecule has 0 unspecified atom stereocenters. The Labute approximate surface area is 153 Å². The van der Waals surface area contributed by atoms with E-state index in [0.29, 0.717) is 23.2 Å². The summed E-state index contributed by atoms with van der Waals surface area (Å²) in [6.45, 7) is 8.64. The van der Waals surface area contributed by atoms with Crippen molar-refractivity contribution in [1.82, 2.24) is 9.88 Å². The summed E-state index contributed by atoms with van der Waals surface area (Å²) in [4.78, 5) is 31.0. The van der Waals surface area contributed by atoms with E-state index in [-0.39, 0.29) is 18.4 Å². The molecule has 134 valence electrons. The Morgan fingerprint density at radius 1 is 1.20 bits per heavy atom. The summed E-state index contributed by atoms with van der Waals surface area (Å²) in [7, 11) is 0. The van der Waals surface area contributed by atoms with Gasteiger partial charge >= 0.3 is 0 Å². The highest BCUT2D eigenvalue weighted by Gasteiger charge is 2.19. The van der Waals surface area contributed by atoms with E-state index in [2.05, 4.69) is 24.1 Å². The summed E-state index contributed by atoms with van der Waals surface area (Å²) in [5.41, 5.74) is 2.57. The summed E-state index contributed by atoms with van der Waals surface area (Å²) in [6.07, 6.45) is 0.848. The second-order valence-electron chi connectivity index (χ2n) is 6.62. The number of aromatic nitrogens is 1. The minimum Gasteiger partial charge on any atom is -0.329 e. The largest absolute Gasteiger partial charge is 0.329 e. The molecule has 0 bridgehead atoms. The molecule has 0 radical (unpaired) electrons. The van der Waals surface area contributed by atoms with Crippen molar-refractivity contribution in [2.75, 3.05) is 18.4 Å². The Morgan fingerprint density at radius 3 is 2.44 bits per heavy atom. The fourth-order valence-electron chi connectivity index (χ4n) is 2.29. The third-order valence-electron chi connectivity index (χ3n) is 3.76. The first-order valence-electron chi connectivity index (χ1n) is 8.43. The molecule has 2 amide bonds. The van der Waals surface area contributed by atoms with Crippen molar-refractivity contribution in [2.24, 2.45) is 5.92 Å². The fraction of sp³-hybridized carbons (Fsp3) is 0.421. The number of nitrogens with zero attached hydrogens (tertiary/aromatic N) is 2. The van der Waals surface area contributed by atoms with Crippen molar-refractivity contribution >= 4 is 28.3 Å². The number of carbonyl (C=O) groups excluding carboxylic acids is 2. The van der Waals surface area contributed by atoms with Crippen LogP contribution in [0.1, 0.15) is 41.9 Å². The van der Waals surface area contributed by atoms with E-state index in [0.717, 1.165) is 17.7 Å². The highest BCUT2D eigenvalue weighted by atomic mass is 32.1. The number of anilines is 1. The molecule has 0 fully saturated rings. The van der Waals surface area contributed by atoms with Crippen molar-refractivity contribution in [2.45, 2.75) is 34.1 Å². The van der Waals surface area contributed by atoms with Gasteiger partial charge in [0.05, 0.1) is 5.69 Å². The lowest BCUT2D eigenvalue weighted by Crippen LogP contribution is -2.39. The van der Waals surface area contributed by atoms with Gasteiger partial charge in [0.1, 0.15) is 6.54 Å². The zero-order valence-electron chi connectivity index (χ0n) is 15.2. The van der Waals surface area contributed by atoms with Gasteiger partial charge in [-0.2, -0.15) is 0 Å². The lowest BCUT2D eigenvalue weighted by Gasteiger charge is -2.23. The van der Waals surface area contributed by atoms with Crippen LogP contribution in [0.15, 0.2) is 29.6 Å². The molecule has 2 aromatic rings. The van der Waals surface area contributed by atoms with E-state index in [9.17, 15) is 9.59 Å². The predicted octanol–water partition coefficient (Wildman–Crippen LogP) is 3.89. The van der Waals surface area contributed by atoms with E-state index < -0.39 is 0 Å². The summed E-state index contributed by atoms with van der Waals surface area (Å²) in [5, 5.41) is 5.21. The van der Waals surface area contributed by atoms with Crippen LogP contribution in [0.5, 0.6) is 0 Å². The van der Waals surface area contributed by atoms with E-state index in [1.54, 1.807) is 4.90 Å². The van der Waals surface area contributed by atoms with Gasteiger partial charge in [-0.1, -0.05) is 31.5 Å². The number of aryl methyl sites for hydroxylation is 2. The van der Waals surface area contributed by atoms with Gasteiger partial charge in [0, 0.05) is 17.5 Å². The third kappa shape index (κ3) is 5.98. The van der Waals surface area contributed by atoms with Crippen molar-refractivity contribution < 1.29 is 9.59 Å². The van der Waals surface area contributed by atoms with Crippen LogP contribution in [0.3, 0.4) is 0 Å². The zero-order valence-corrected chi connectivity index (χ0v) is 16.0. The van der Waals surface area contributed by atoms with Crippen molar-refractivity contribution in [1.29, 1.82) is 0 Å². The lowest BCUT2D eigenvalue weighted by atomic mass is 10.1. The molecule has 6 heteroatoms. The average molecular weight is 359 g/mol. The van der Waals surface area contributed by atoms with Gasteiger partial charge in [0.2, 0.25) is 5.91 Å². The number of nitrogens with one attached hydrogen (secondary N) is 1. The summed E-state index contributed by atoms with van der Waals surface area (Å²) in [5.74, 6) is 0.114. The van der Waals surface area contributed by atoms with Gasteiger partial charge in [-0.05, 0) is 38.3 Å². The van der Waals surface area contributed by atoms with Crippen LogP contribution in [0.4, 0.5) is 5.13 Å². The maximum atomic E-state index is 12.8. The fourth-order valence-corrected chi connectivity index (χ4v) is 2.99. The smallest absolute Gasteiger partial charge is 0.254 e. The molecule has 25 heavy (non-hydrogen) atoms. The Bertz CT molecular complexity index is 723. The number of thiazole rings is 1. The van der Waals surface area contributed by atoms with Crippen LogP contribution in [0, 0.1) is 19.8 Å². The molecule has 0 atom stereocenters. The summed E-state index contributed by atoms with van der Waals surface area (Å²) < 4.78 is 0. The molecule has 2 rings (SSSR count). The molecular weight excluding hydrogens is 334 g/mol. The first-order valence-corrected chi connectivity index (χ1v) is 9.31. The van der Waals surface area contributed by atoms with Gasteiger partial charge in [0.25, 0.3) is 5.91 Å². The van der Waals surface area contributed by atoms with Crippen molar-refractivity contribution in [3.8, 4) is 0 Å². The van der Waals surface area contributed by atoms with Crippen LogP contribution in [-0.2, 0) is 4.79 Å². The second-order valence-corrected chi connectivity index (χ2v) is 7.48. The Hall–Kier alpha value is -2.21. The van der Waals surface area contributed by atoms with Crippen LogP contribution in [0.25, 0.3) is 0 Å². The minimum atomic E-state index is -0.224. The number of benzene rings is 1. The minimum absolute atomic E-state index is 0.0259. The van der Waals surface area contributed by atoms with E-state index in [1.165, 1.54) is 11.3 Å². The standard InChI is InChI=1S/C19H25N3O2S/c1-13(2)9-10-22(18(24)16-7-5-14(3)6-8-16)11-17(23)21-19-20-15(4)12-25-19/h5-8,12-13H,9-11H2,1-4H3,(H,20,21,23). The van der Waals surface area contributed by atoms with E-state index >= 15 is 0 Å². The molecule has 0 aliphatic carbocycles. The molecule has 1 heterocycles. The molecule has 1 aromatic carbocycles. The van der Waals surface area contributed by atoms with Crippen LogP contribution < -0.4 is 5.32 Å². The first-order chi connectivity index (χ1) is 11.8. The molecular formula is C19H25N3O2S. The zero-order chi connectivity index (χ0) is 18.4. The lowest BCUT2D eigenvalue weighted by molar-refractivity contribution is -0.116. The van der Waals surface area contributed by atoms with Crippen LogP contribution in [0.2, 0.25) is 0 Å². The van der Waals surface area contributed by atoms with Crippen molar-refractivity contribution in [3.05, 3.63) is 46.5 Å². The number of hydrogen-bond acceptors (Lipinski definition) is 4.